The van der Waals surface area contributed by atoms with Crippen molar-refractivity contribution >= 4 is 0 Å². The van der Waals surface area contributed by atoms with E-state index in [-0.39, 0.29) is 0 Å². The lowest BCUT2D eigenvalue weighted by atomic mass is 9.95. The summed E-state index contributed by atoms with van der Waals surface area (Å²) in [7, 11) is 0. The maximum atomic E-state index is 5.50. The molecule has 1 aliphatic rings. The fourth-order valence-electron chi connectivity index (χ4n) is 2.87. The predicted molar refractivity (Wildman–Crippen MR) is 85.1 cm³/mol. The third-order valence-electron chi connectivity index (χ3n) is 4.12. The van der Waals surface area contributed by atoms with Crippen molar-refractivity contribution in [2.45, 2.75) is 64.0 Å². The van der Waals surface area contributed by atoms with E-state index in [4.69, 9.17) is 10.2 Å². The molecule has 120 valence electrons. The van der Waals surface area contributed by atoms with E-state index < -0.39 is 0 Å². The van der Waals surface area contributed by atoms with E-state index in [0.29, 0.717) is 6.54 Å². The van der Waals surface area contributed by atoms with E-state index in [2.05, 4.69) is 15.6 Å². The summed E-state index contributed by atoms with van der Waals surface area (Å²) in [5.74, 6) is 0.802. The van der Waals surface area contributed by atoms with Crippen molar-refractivity contribution in [1.82, 2.24) is 15.6 Å². The van der Waals surface area contributed by atoms with Crippen molar-refractivity contribution in [2.24, 2.45) is 5.73 Å². The lowest BCUT2D eigenvalue weighted by Crippen LogP contribution is -2.33. The minimum absolute atomic E-state index is 0.454. The zero-order valence-electron chi connectivity index (χ0n) is 13.1. The zero-order valence-corrected chi connectivity index (χ0v) is 13.1. The number of hydrogen-bond acceptors (Lipinski definition) is 5. The lowest BCUT2D eigenvalue weighted by Gasteiger charge is -2.22. The van der Waals surface area contributed by atoms with E-state index in [1.54, 1.807) is 6.26 Å². The SMILES string of the molecule is NCc1coc(CCCNCCCNC2CCCCC2)n1. The van der Waals surface area contributed by atoms with Crippen LogP contribution in [0.25, 0.3) is 0 Å². The number of rotatable bonds is 10. The van der Waals surface area contributed by atoms with E-state index in [1.807, 2.05) is 0 Å². The van der Waals surface area contributed by atoms with Crippen molar-refractivity contribution in [1.29, 1.82) is 0 Å². The summed E-state index contributed by atoms with van der Waals surface area (Å²) in [5.41, 5.74) is 6.34. The molecule has 0 spiro atoms. The van der Waals surface area contributed by atoms with Crippen LogP contribution in [0.2, 0.25) is 0 Å². The Labute approximate surface area is 128 Å². The Morgan fingerprint density at radius 2 is 1.95 bits per heavy atom. The third-order valence-corrected chi connectivity index (χ3v) is 4.12. The van der Waals surface area contributed by atoms with Gasteiger partial charge in [-0.15, -0.1) is 0 Å². The van der Waals surface area contributed by atoms with Gasteiger partial charge in [0.15, 0.2) is 5.89 Å². The van der Waals surface area contributed by atoms with Gasteiger partial charge in [0.05, 0.1) is 5.69 Å². The van der Waals surface area contributed by atoms with Crippen molar-refractivity contribution in [3.63, 3.8) is 0 Å². The molecular weight excluding hydrogens is 264 g/mol. The maximum absolute atomic E-state index is 5.50. The Morgan fingerprint density at radius 1 is 1.14 bits per heavy atom. The van der Waals surface area contributed by atoms with Gasteiger partial charge in [-0.3, -0.25) is 0 Å². The van der Waals surface area contributed by atoms with Crippen molar-refractivity contribution in [2.75, 3.05) is 19.6 Å². The summed E-state index contributed by atoms with van der Waals surface area (Å²) in [6.45, 7) is 3.69. The highest BCUT2D eigenvalue weighted by molar-refractivity contribution is 4.95. The molecule has 0 unspecified atom stereocenters. The molecule has 2 rings (SSSR count). The quantitative estimate of drug-likeness (QED) is 0.575. The van der Waals surface area contributed by atoms with Gasteiger partial charge in [-0.05, 0) is 45.3 Å². The monoisotopic (exact) mass is 294 g/mol. The maximum Gasteiger partial charge on any atom is 0.194 e. The molecule has 1 aliphatic carbocycles. The molecule has 1 fully saturated rings. The van der Waals surface area contributed by atoms with Crippen LogP contribution in [-0.4, -0.2) is 30.7 Å². The normalized spacial score (nSPS) is 16.4. The van der Waals surface area contributed by atoms with Gasteiger partial charge in [-0.25, -0.2) is 4.98 Å². The molecule has 1 aromatic rings. The highest BCUT2D eigenvalue weighted by Crippen LogP contribution is 2.17. The van der Waals surface area contributed by atoms with Gasteiger partial charge in [0.1, 0.15) is 6.26 Å². The first-order valence-corrected chi connectivity index (χ1v) is 8.46. The molecular formula is C16H30N4O. The Balaban J connectivity index is 1.39. The molecule has 0 saturated heterocycles. The minimum Gasteiger partial charge on any atom is -0.449 e. The van der Waals surface area contributed by atoms with Crippen LogP contribution in [0, 0.1) is 0 Å². The highest BCUT2D eigenvalue weighted by Gasteiger charge is 2.11. The van der Waals surface area contributed by atoms with Crippen molar-refractivity contribution < 1.29 is 4.42 Å². The van der Waals surface area contributed by atoms with Crippen molar-refractivity contribution in [3.05, 3.63) is 17.8 Å². The first kappa shape index (κ1) is 16.5. The number of oxazole rings is 1. The second-order valence-corrected chi connectivity index (χ2v) is 5.93. The molecule has 1 aromatic heterocycles. The molecule has 1 heterocycles. The lowest BCUT2D eigenvalue weighted by molar-refractivity contribution is 0.371. The van der Waals surface area contributed by atoms with Gasteiger partial charge in [-0.1, -0.05) is 19.3 Å². The van der Waals surface area contributed by atoms with Crippen LogP contribution in [0.1, 0.15) is 56.5 Å². The molecule has 5 heteroatoms. The highest BCUT2D eigenvalue weighted by atomic mass is 16.3. The molecule has 21 heavy (non-hydrogen) atoms. The fraction of sp³-hybridized carbons (Fsp3) is 0.812. The molecule has 0 amide bonds. The van der Waals surface area contributed by atoms with Crippen molar-refractivity contribution in [3.8, 4) is 0 Å². The first-order chi connectivity index (χ1) is 10.4. The van der Waals surface area contributed by atoms with Crippen LogP contribution < -0.4 is 16.4 Å². The van der Waals surface area contributed by atoms with Crippen LogP contribution in [-0.2, 0) is 13.0 Å². The number of nitrogens with zero attached hydrogens (tertiary/aromatic N) is 1. The molecule has 0 aromatic carbocycles. The third kappa shape index (κ3) is 6.59. The van der Waals surface area contributed by atoms with Gasteiger partial charge in [0.2, 0.25) is 0 Å². The van der Waals surface area contributed by atoms with E-state index in [9.17, 15) is 0 Å². The predicted octanol–water partition coefficient (Wildman–Crippen LogP) is 1.97. The number of aromatic nitrogens is 1. The van der Waals surface area contributed by atoms with Crippen LogP contribution in [0.5, 0.6) is 0 Å². The Bertz CT molecular complexity index is 374. The zero-order chi connectivity index (χ0) is 14.8. The van der Waals surface area contributed by atoms with Gasteiger partial charge in [0.25, 0.3) is 0 Å². The van der Waals surface area contributed by atoms with Gasteiger partial charge in [-0.2, -0.15) is 0 Å². The Morgan fingerprint density at radius 3 is 2.71 bits per heavy atom. The standard InChI is InChI=1S/C16H30N4O/c17-12-15-13-21-16(20-15)8-4-9-18-10-5-11-19-14-6-2-1-3-7-14/h13-14,18-19H,1-12,17H2. The van der Waals surface area contributed by atoms with E-state index in [1.165, 1.54) is 38.5 Å². The summed E-state index contributed by atoms with van der Waals surface area (Å²) in [5, 5.41) is 7.15. The first-order valence-electron chi connectivity index (χ1n) is 8.46. The molecule has 1 saturated carbocycles. The van der Waals surface area contributed by atoms with Gasteiger partial charge in [0, 0.05) is 19.0 Å². The number of aryl methyl sites for hydroxylation is 1. The number of nitrogens with two attached hydrogens (primary N) is 1. The Kier molecular flexibility index (Phi) is 7.78. The summed E-state index contributed by atoms with van der Waals surface area (Å²) < 4.78 is 5.34. The van der Waals surface area contributed by atoms with E-state index in [0.717, 1.165) is 50.1 Å². The largest absolute Gasteiger partial charge is 0.449 e. The molecule has 0 atom stereocenters. The van der Waals surface area contributed by atoms with E-state index >= 15 is 0 Å². The molecule has 4 N–H and O–H groups in total. The summed E-state index contributed by atoms with van der Waals surface area (Å²) in [6.07, 6.45) is 11.8. The second kappa shape index (κ2) is 9.92. The van der Waals surface area contributed by atoms with Crippen LogP contribution in [0.4, 0.5) is 0 Å². The summed E-state index contributed by atoms with van der Waals surface area (Å²) in [6, 6.07) is 0.778. The van der Waals surface area contributed by atoms with Gasteiger partial charge >= 0.3 is 0 Å². The topological polar surface area (TPSA) is 76.1 Å². The molecule has 0 radical (unpaired) electrons. The average molecular weight is 294 g/mol. The smallest absolute Gasteiger partial charge is 0.194 e. The van der Waals surface area contributed by atoms with Gasteiger partial charge < -0.3 is 20.8 Å². The van der Waals surface area contributed by atoms with Crippen LogP contribution in [0.15, 0.2) is 10.7 Å². The summed E-state index contributed by atoms with van der Waals surface area (Å²) in [4.78, 5) is 4.30. The van der Waals surface area contributed by atoms with Crippen LogP contribution in [0.3, 0.4) is 0 Å². The minimum atomic E-state index is 0.454. The number of hydrogen-bond donors (Lipinski definition) is 3. The second-order valence-electron chi connectivity index (χ2n) is 5.93. The average Bonchev–Trinajstić information content (AvgIpc) is 2.99. The molecule has 5 nitrogen and oxygen atoms in total. The Hall–Kier alpha value is -0.910. The summed E-state index contributed by atoms with van der Waals surface area (Å²) >= 11 is 0. The van der Waals surface area contributed by atoms with Crippen LogP contribution >= 0.6 is 0 Å². The number of nitrogens with one attached hydrogen (secondary N) is 2. The fourth-order valence-corrected chi connectivity index (χ4v) is 2.87. The molecule has 0 bridgehead atoms. The molecule has 0 aliphatic heterocycles.